The predicted molar refractivity (Wildman–Crippen MR) is 102 cm³/mol. The first-order valence-corrected chi connectivity index (χ1v) is 9.75. The molecule has 0 unspecified atom stereocenters. The Labute approximate surface area is 173 Å². The lowest BCUT2D eigenvalue weighted by Gasteiger charge is -2.45. The normalized spacial score (nSPS) is 26.9. The second-order valence-electron chi connectivity index (χ2n) is 7.51. The number of hydrogen-bond donors (Lipinski definition) is 1. The summed E-state index contributed by atoms with van der Waals surface area (Å²) in [4.78, 5) is 46.8. The number of Topliss-reactive ketones (excluding diaryl/α,β-unsaturated/α-hetero) is 1. The SMILES string of the molecule is CO[C@@H]1CCC[C@@H]([C@H]2NC(=O)[C@@H]2[C@@H](C)OC(=O)OCc2ccc([N+](=O)[O-])cc2)C1=O. The van der Waals surface area contributed by atoms with E-state index in [1.807, 2.05) is 0 Å². The highest BCUT2D eigenvalue weighted by Crippen LogP contribution is 2.34. The second-order valence-corrected chi connectivity index (χ2v) is 7.51. The first-order valence-electron chi connectivity index (χ1n) is 9.75. The third-order valence-electron chi connectivity index (χ3n) is 5.67. The maximum Gasteiger partial charge on any atom is 0.508 e. The van der Waals surface area contributed by atoms with Crippen LogP contribution in [-0.4, -0.2) is 48.1 Å². The smallest absolute Gasteiger partial charge is 0.430 e. The predicted octanol–water partition coefficient (Wildman–Crippen LogP) is 2.14. The fourth-order valence-corrected chi connectivity index (χ4v) is 4.03. The van der Waals surface area contributed by atoms with Crippen LogP contribution in [0.5, 0.6) is 0 Å². The monoisotopic (exact) mass is 420 g/mol. The number of methoxy groups -OCH3 is 1. The Kier molecular flexibility index (Phi) is 6.66. The zero-order valence-corrected chi connectivity index (χ0v) is 16.7. The summed E-state index contributed by atoms with van der Waals surface area (Å²) in [5.74, 6) is -1.32. The number of hydrogen-bond acceptors (Lipinski definition) is 8. The lowest BCUT2D eigenvalue weighted by Crippen LogP contribution is -2.67. The van der Waals surface area contributed by atoms with Crippen LogP contribution in [0, 0.1) is 22.0 Å². The highest BCUT2D eigenvalue weighted by Gasteiger charge is 2.51. The van der Waals surface area contributed by atoms with Gasteiger partial charge in [0.05, 0.1) is 16.9 Å². The highest BCUT2D eigenvalue weighted by molar-refractivity contribution is 5.93. The topological polar surface area (TPSA) is 134 Å². The molecule has 30 heavy (non-hydrogen) atoms. The van der Waals surface area contributed by atoms with E-state index in [-0.39, 0.29) is 29.9 Å². The lowest BCUT2D eigenvalue weighted by molar-refractivity contribution is -0.384. The summed E-state index contributed by atoms with van der Waals surface area (Å²) in [6.07, 6.45) is -0.0615. The number of ketones is 1. The van der Waals surface area contributed by atoms with Crippen molar-refractivity contribution in [1.29, 1.82) is 0 Å². The van der Waals surface area contributed by atoms with E-state index in [0.29, 0.717) is 18.4 Å². The summed E-state index contributed by atoms with van der Waals surface area (Å²) in [6.45, 7) is 1.46. The van der Waals surface area contributed by atoms with Crippen molar-refractivity contribution in [3.8, 4) is 0 Å². The largest absolute Gasteiger partial charge is 0.508 e. The van der Waals surface area contributed by atoms with Gasteiger partial charge >= 0.3 is 6.16 Å². The number of nitro benzene ring substituents is 1. The van der Waals surface area contributed by atoms with Crippen LogP contribution in [-0.2, 0) is 30.4 Å². The van der Waals surface area contributed by atoms with Gasteiger partial charge in [-0.15, -0.1) is 0 Å². The summed E-state index contributed by atoms with van der Waals surface area (Å²) >= 11 is 0. The third-order valence-corrected chi connectivity index (χ3v) is 5.67. The van der Waals surface area contributed by atoms with Crippen molar-refractivity contribution in [3.63, 3.8) is 0 Å². The van der Waals surface area contributed by atoms with Gasteiger partial charge in [-0.1, -0.05) is 0 Å². The molecule has 10 heteroatoms. The highest BCUT2D eigenvalue weighted by atomic mass is 16.7. The zero-order chi connectivity index (χ0) is 21.8. The number of nitro groups is 1. The molecule has 10 nitrogen and oxygen atoms in total. The number of carbonyl (C=O) groups excluding carboxylic acids is 3. The Morgan fingerprint density at radius 1 is 1.27 bits per heavy atom. The number of carbonyl (C=O) groups is 3. The Bertz CT molecular complexity index is 825. The van der Waals surface area contributed by atoms with Gasteiger partial charge < -0.3 is 19.5 Å². The molecule has 1 N–H and O–H groups in total. The van der Waals surface area contributed by atoms with Crippen LogP contribution in [0.1, 0.15) is 31.7 Å². The van der Waals surface area contributed by atoms with Crippen molar-refractivity contribution >= 4 is 23.5 Å². The van der Waals surface area contributed by atoms with Gasteiger partial charge in [-0.05, 0) is 43.9 Å². The molecule has 0 radical (unpaired) electrons. The first-order chi connectivity index (χ1) is 14.3. The van der Waals surface area contributed by atoms with Gasteiger partial charge in [-0.2, -0.15) is 0 Å². The Morgan fingerprint density at radius 2 is 1.97 bits per heavy atom. The van der Waals surface area contributed by atoms with E-state index in [0.717, 1.165) is 6.42 Å². The van der Waals surface area contributed by atoms with Crippen molar-refractivity contribution in [2.45, 2.75) is 51.0 Å². The summed E-state index contributed by atoms with van der Waals surface area (Å²) < 4.78 is 15.5. The number of rotatable bonds is 7. The number of benzene rings is 1. The number of ether oxygens (including phenoxy) is 3. The van der Waals surface area contributed by atoms with Crippen LogP contribution < -0.4 is 5.32 Å². The molecule has 1 aliphatic heterocycles. The molecule has 1 aromatic carbocycles. The molecule has 1 saturated carbocycles. The average molecular weight is 420 g/mol. The van der Waals surface area contributed by atoms with Crippen molar-refractivity contribution < 1.29 is 33.5 Å². The molecular formula is C20H24N2O8. The van der Waals surface area contributed by atoms with Crippen molar-refractivity contribution in [2.24, 2.45) is 11.8 Å². The molecule has 1 aliphatic carbocycles. The Balaban J connectivity index is 1.53. The van der Waals surface area contributed by atoms with E-state index in [1.165, 1.54) is 31.4 Å². The van der Waals surface area contributed by atoms with Gasteiger partial charge in [0, 0.05) is 25.2 Å². The molecule has 0 spiro atoms. The van der Waals surface area contributed by atoms with Gasteiger partial charge in [0.25, 0.3) is 5.69 Å². The van der Waals surface area contributed by atoms with Crippen LogP contribution in [0.2, 0.25) is 0 Å². The quantitative estimate of drug-likeness (QED) is 0.307. The number of β-lactam (4-membered cyclic amide) rings is 1. The Morgan fingerprint density at radius 3 is 2.57 bits per heavy atom. The summed E-state index contributed by atoms with van der Waals surface area (Å²) in [5.41, 5.74) is 0.493. The minimum absolute atomic E-state index is 0.0355. The van der Waals surface area contributed by atoms with E-state index in [2.05, 4.69) is 5.32 Å². The molecule has 1 heterocycles. The molecule has 5 atom stereocenters. The van der Waals surface area contributed by atoms with Crippen molar-refractivity contribution in [2.75, 3.05) is 7.11 Å². The summed E-state index contributed by atoms with van der Waals surface area (Å²) in [5, 5.41) is 13.4. The van der Waals surface area contributed by atoms with Gasteiger partial charge in [0.2, 0.25) is 5.91 Å². The number of nitrogens with zero attached hydrogens (tertiary/aromatic N) is 1. The lowest BCUT2D eigenvalue weighted by atomic mass is 9.71. The standard InChI is InChI=1S/C20H24N2O8/c1-11(30-20(25)29-10-12-6-8-13(9-7-12)22(26)27)16-17(21-19(16)24)14-4-3-5-15(28-2)18(14)23/h6-9,11,14-17H,3-5,10H2,1-2H3,(H,21,24)/t11-,14+,15-,16-,17-/m1/s1. The number of amides is 1. The molecule has 2 fully saturated rings. The van der Waals surface area contributed by atoms with Crippen molar-refractivity contribution in [3.05, 3.63) is 39.9 Å². The summed E-state index contributed by atoms with van der Waals surface area (Å²) in [7, 11) is 1.49. The third kappa shape index (κ3) is 4.59. The van der Waals surface area contributed by atoms with Gasteiger partial charge in [0.1, 0.15) is 18.8 Å². The van der Waals surface area contributed by atoms with Crippen LogP contribution in [0.25, 0.3) is 0 Å². The molecule has 162 valence electrons. The Hall–Kier alpha value is -3.01. The molecule has 3 rings (SSSR count). The maximum absolute atomic E-state index is 12.6. The summed E-state index contributed by atoms with van der Waals surface area (Å²) in [6, 6.07) is 5.17. The van der Waals surface area contributed by atoms with Crippen molar-refractivity contribution in [1.82, 2.24) is 5.32 Å². The minimum Gasteiger partial charge on any atom is -0.430 e. The molecule has 0 aromatic heterocycles. The minimum atomic E-state index is -0.955. The number of nitrogens with one attached hydrogen (secondary N) is 1. The number of non-ortho nitro benzene ring substituents is 1. The average Bonchev–Trinajstić information content (AvgIpc) is 2.71. The van der Waals surface area contributed by atoms with E-state index >= 15 is 0 Å². The molecule has 1 saturated heterocycles. The second kappa shape index (κ2) is 9.21. The molecule has 2 aliphatic rings. The van der Waals surface area contributed by atoms with E-state index in [9.17, 15) is 24.5 Å². The van der Waals surface area contributed by atoms with Crippen LogP contribution in [0.4, 0.5) is 10.5 Å². The van der Waals surface area contributed by atoms with E-state index in [1.54, 1.807) is 6.92 Å². The van der Waals surface area contributed by atoms with Gasteiger partial charge in [-0.3, -0.25) is 19.7 Å². The van der Waals surface area contributed by atoms with Gasteiger partial charge in [0.15, 0.2) is 5.78 Å². The van der Waals surface area contributed by atoms with Crippen LogP contribution >= 0.6 is 0 Å². The van der Waals surface area contributed by atoms with E-state index < -0.39 is 35.2 Å². The molecular weight excluding hydrogens is 396 g/mol. The molecule has 1 aromatic rings. The molecule has 1 amide bonds. The van der Waals surface area contributed by atoms with Gasteiger partial charge in [-0.25, -0.2) is 4.79 Å². The van der Waals surface area contributed by atoms with Crippen LogP contribution in [0.3, 0.4) is 0 Å². The van der Waals surface area contributed by atoms with Crippen LogP contribution in [0.15, 0.2) is 24.3 Å². The maximum atomic E-state index is 12.6. The first kappa shape index (κ1) is 21.7. The fraction of sp³-hybridized carbons (Fsp3) is 0.550. The van der Waals surface area contributed by atoms with E-state index in [4.69, 9.17) is 14.2 Å². The zero-order valence-electron chi connectivity index (χ0n) is 16.7. The fourth-order valence-electron chi connectivity index (χ4n) is 4.03. The molecule has 0 bridgehead atoms.